The summed E-state index contributed by atoms with van der Waals surface area (Å²) in [5.74, 6) is -0.122. The molecule has 1 atom stereocenters. The lowest BCUT2D eigenvalue weighted by Crippen LogP contribution is -2.53. The van der Waals surface area contributed by atoms with Crippen molar-refractivity contribution in [3.8, 4) is 0 Å². The molecular formula is C15H25NO3. The zero-order valence-corrected chi connectivity index (χ0v) is 12.1. The maximum absolute atomic E-state index is 12.8. The van der Waals surface area contributed by atoms with Gasteiger partial charge >= 0.3 is 0 Å². The van der Waals surface area contributed by atoms with E-state index in [4.69, 9.17) is 0 Å². The Labute approximate surface area is 115 Å². The molecule has 2 aliphatic rings. The van der Waals surface area contributed by atoms with E-state index in [1.54, 1.807) is 6.92 Å². The van der Waals surface area contributed by atoms with Crippen LogP contribution < -0.4 is 0 Å². The third-order valence-electron chi connectivity index (χ3n) is 5.10. The van der Waals surface area contributed by atoms with Crippen molar-refractivity contribution in [3.05, 3.63) is 0 Å². The zero-order chi connectivity index (χ0) is 14.1. The Morgan fingerprint density at radius 1 is 1.21 bits per heavy atom. The second-order valence-corrected chi connectivity index (χ2v) is 6.41. The molecule has 0 aromatic carbocycles. The van der Waals surface area contributed by atoms with Crippen LogP contribution in [0, 0.1) is 5.41 Å². The Hall–Kier alpha value is -0.900. The first-order valence-corrected chi connectivity index (χ1v) is 7.47. The first kappa shape index (κ1) is 14.5. The Morgan fingerprint density at radius 3 is 2.26 bits per heavy atom. The molecule has 2 fully saturated rings. The van der Waals surface area contributed by atoms with Gasteiger partial charge < -0.3 is 5.11 Å². The minimum atomic E-state index is -0.732. The summed E-state index contributed by atoms with van der Waals surface area (Å²) in [5, 5.41) is 9.58. The molecule has 1 heterocycles. The number of likely N-dealkylation sites (tertiary alicyclic amines) is 1. The van der Waals surface area contributed by atoms with E-state index in [0.29, 0.717) is 12.8 Å². The van der Waals surface area contributed by atoms with Crippen molar-refractivity contribution in [2.45, 2.75) is 70.8 Å². The molecule has 19 heavy (non-hydrogen) atoms. The Balaban J connectivity index is 2.29. The quantitative estimate of drug-likeness (QED) is 0.798. The fourth-order valence-corrected chi connectivity index (χ4v) is 3.48. The Morgan fingerprint density at radius 2 is 1.79 bits per heavy atom. The van der Waals surface area contributed by atoms with Gasteiger partial charge in [0.05, 0.1) is 17.6 Å². The van der Waals surface area contributed by atoms with Crippen LogP contribution in [-0.2, 0) is 9.59 Å². The molecule has 1 aliphatic heterocycles. The number of rotatable bonds is 3. The molecule has 4 nitrogen and oxygen atoms in total. The van der Waals surface area contributed by atoms with Crippen LogP contribution in [0.2, 0.25) is 0 Å². The van der Waals surface area contributed by atoms with Crippen LogP contribution >= 0.6 is 0 Å². The minimum Gasteiger partial charge on any atom is -0.394 e. The van der Waals surface area contributed by atoms with Crippen LogP contribution in [0.3, 0.4) is 0 Å². The molecule has 1 N–H and O–H groups in total. The van der Waals surface area contributed by atoms with Gasteiger partial charge in [-0.2, -0.15) is 0 Å². The van der Waals surface area contributed by atoms with E-state index >= 15 is 0 Å². The third kappa shape index (κ3) is 2.31. The third-order valence-corrected chi connectivity index (χ3v) is 5.10. The Kier molecular flexibility index (Phi) is 4.00. The molecule has 108 valence electrons. The molecule has 0 radical (unpaired) electrons. The number of hydrogen-bond donors (Lipinski definition) is 1. The van der Waals surface area contributed by atoms with Crippen molar-refractivity contribution in [3.63, 3.8) is 0 Å². The molecule has 1 saturated carbocycles. The van der Waals surface area contributed by atoms with Crippen LogP contribution in [0.15, 0.2) is 0 Å². The maximum Gasteiger partial charge on any atom is 0.236 e. The molecule has 4 heteroatoms. The number of hydrogen-bond acceptors (Lipinski definition) is 3. The van der Waals surface area contributed by atoms with Gasteiger partial charge in [0.15, 0.2) is 0 Å². The lowest BCUT2D eigenvalue weighted by molar-refractivity contribution is -0.150. The van der Waals surface area contributed by atoms with Crippen LogP contribution in [0.25, 0.3) is 0 Å². The van der Waals surface area contributed by atoms with Gasteiger partial charge in [0.25, 0.3) is 0 Å². The van der Waals surface area contributed by atoms with Gasteiger partial charge in [-0.15, -0.1) is 0 Å². The number of nitrogens with zero attached hydrogens (tertiary/aromatic N) is 1. The molecule has 0 aromatic heterocycles. The van der Waals surface area contributed by atoms with Crippen LogP contribution in [0.1, 0.15) is 65.2 Å². The van der Waals surface area contributed by atoms with Crippen molar-refractivity contribution >= 4 is 11.8 Å². The topological polar surface area (TPSA) is 57.6 Å². The van der Waals surface area contributed by atoms with E-state index in [-0.39, 0.29) is 18.4 Å². The number of aliphatic hydroxyl groups is 1. The predicted molar refractivity (Wildman–Crippen MR) is 72.4 cm³/mol. The number of carbonyl (C=O) groups excluding carboxylic acids is 2. The van der Waals surface area contributed by atoms with Crippen LogP contribution in [0.5, 0.6) is 0 Å². The summed E-state index contributed by atoms with van der Waals surface area (Å²) in [5.41, 5.74) is -1.19. The summed E-state index contributed by atoms with van der Waals surface area (Å²) in [6, 6.07) is 0. The molecule has 0 aromatic rings. The summed E-state index contributed by atoms with van der Waals surface area (Å²) >= 11 is 0. The number of imide groups is 1. The second-order valence-electron chi connectivity index (χ2n) is 6.41. The molecule has 1 unspecified atom stereocenters. The van der Waals surface area contributed by atoms with Crippen molar-refractivity contribution in [1.82, 2.24) is 4.90 Å². The van der Waals surface area contributed by atoms with Gasteiger partial charge in [-0.05, 0) is 26.2 Å². The predicted octanol–water partition coefficient (Wildman–Crippen LogP) is 2.25. The largest absolute Gasteiger partial charge is 0.394 e. The number of amides is 2. The molecule has 1 spiro atoms. The van der Waals surface area contributed by atoms with Gasteiger partial charge in [0.1, 0.15) is 0 Å². The summed E-state index contributed by atoms with van der Waals surface area (Å²) in [6.45, 7) is 3.56. The first-order chi connectivity index (χ1) is 8.99. The standard InChI is InChI=1S/C15H25NO3/c1-3-14(2,11-17)16-12(18)10-15(13(16)19)8-6-4-5-7-9-15/h17H,3-11H2,1-2H3. The molecule has 2 rings (SSSR count). The second kappa shape index (κ2) is 5.23. The Bertz CT molecular complexity index is 366. The highest BCUT2D eigenvalue weighted by molar-refractivity contribution is 6.06. The van der Waals surface area contributed by atoms with Crippen LogP contribution in [0.4, 0.5) is 0 Å². The van der Waals surface area contributed by atoms with Crippen molar-refractivity contribution < 1.29 is 14.7 Å². The fourth-order valence-electron chi connectivity index (χ4n) is 3.48. The lowest BCUT2D eigenvalue weighted by atomic mass is 9.78. The summed E-state index contributed by atoms with van der Waals surface area (Å²) in [4.78, 5) is 26.5. The minimum absolute atomic E-state index is 0.0298. The average molecular weight is 267 g/mol. The fraction of sp³-hybridized carbons (Fsp3) is 0.867. The van der Waals surface area contributed by atoms with Crippen molar-refractivity contribution in [1.29, 1.82) is 0 Å². The van der Waals surface area contributed by atoms with E-state index in [0.717, 1.165) is 38.5 Å². The SMILES string of the molecule is CCC(C)(CO)N1C(=O)CC2(CCCCCC2)C1=O. The van der Waals surface area contributed by atoms with Gasteiger partial charge in [0, 0.05) is 6.42 Å². The van der Waals surface area contributed by atoms with Gasteiger partial charge in [-0.3, -0.25) is 14.5 Å². The highest BCUT2D eigenvalue weighted by Crippen LogP contribution is 2.46. The summed E-state index contributed by atoms with van der Waals surface area (Å²) in [6.07, 6.45) is 7.00. The monoisotopic (exact) mass is 267 g/mol. The first-order valence-electron chi connectivity index (χ1n) is 7.47. The highest BCUT2D eigenvalue weighted by atomic mass is 16.3. The number of aliphatic hydroxyl groups excluding tert-OH is 1. The lowest BCUT2D eigenvalue weighted by Gasteiger charge is -2.36. The maximum atomic E-state index is 12.8. The highest BCUT2D eigenvalue weighted by Gasteiger charge is 2.55. The van der Waals surface area contributed by atoms with Crippen LogP contribution in [-0.4, -0.2) is 34.0 Å². The molecule has 0 bridgehead atoms. The molecule has 1 saturated heterocycles. The molecular weight excluding hydrogens is 242 g/mol. The molecule has 2 amide bonds. The molecule has 1 aliphatic carbocycles. The summed E-state index contributed by atoms with van der Waals surface area (Å²) in [7, 11) is 0. The van der Waals surface area contributed by atoms with E-state index in [9.17, 15) is 14.7 Å². The van der Waals surface area contributed by atoms with Gasteiger partial charge in [-0.25, -0.2) is 0 Å². The smallest absolute Gasteiger partial charge is 0.236 e. The van der Waals surface area contributed by atoms with E-state index < -0.39 is 11.0 Å². The zero-order valence-electron chi connectivity index (χ0n) is 12.1. The normalized spacial score (nSPS) is 26.6. The van der Waals surface area contributed by atoms with Crippen molar-refractivity contribution in [2.75, 3.05) is 6.61 Å². The number of carbonyl (C=O) groups is 2. The van der Waals surface area contributed by atoms with E-state index in [2.05, 4.69) is 0 Å². The van der Waals surface area contributed by atoms with Gasteiger partial charge in [-0.1, -0.05) is 32.6 Å². The van der Waals surface area contributed by atoms with Crippen molar-refractivity contribution in [2.24, 2.45) is 5.41 Å². The average Bonchev–Trinajstić information content (AvgIpc) is 2.59. The van der Waals surface area contributed by atoms with Gasteiger partial charge in [0.2, 0.25) is 11.8 Å². The summed E-state index contributed by atoms with van der Waals surface area (Å²) < 4.78 is 0. The van der Waals surface area contributed by atoms with E-state index in [1.807, 2.05) is 6.92 Å². The van der Waals surface area contributed by atoms with E-state index in [1.165, 1.54) is 4.90 Å².